The van der Waals surface area contributed by atoms with Crippen LogP contribution in [0.3, 0.4) is 0 Å². The van der Waals surface area contributed by atoms with Crippen LogP contribution in [0.2, 0.25) is 5.02 Å². The number of aryl methyl sites for hydroxylation is 2. The van der Waals surface area contributed by atoms with Crippen molar-refractivity contribution in [1.82, 2.24) is 4.90 Å². The number of amides is 2. The maximum absolute atomic E-state index is 12.9. The predicted molar refractivity (Wildman–Crippen MR) is 98.4 cm³/mol. The van der Waals surface area contributed by atoms with E-state index in [0.29, 0.717) is 4.88 Å². The largest absolute Gasteiger partial charge is 0.417 e. The minimum atomic E-state index is -4.62. The van der Waals surface area contributed by atoms with Crippen molar-refractivity contribution in [2.75, 3.05) is 18.9 Å². The van der Waals surface area contributed by atoms with Gasteiger partial charge in [0.25, 0.3) is 5.91 Å². The molecule has 0 unspecified atom stereocenters. The van der Waals surface area contributed by atoms with Crippen LogP contribution in [0.4, 0.5) is 18.9 Å². The summed E-state index contributed by atoms with van der Waals surface area (Å²) in [5.41, 5.74) is 0.120. The summed E-state index contributed by atoms with van der Waals surface area (Å²) >= 11 is 6.99. The van der Waals surface area contributed by atoms with E-state index in [1.54, 1.807) is 0 Å². The Morgan fingerprint density at radius 1 is 1.26 bits per heavy atom. The molecule has 0 spiro atoms. The highest BCUT2D eigenvalue weighted by Crippen LogP contribution is 2.36. The van der Waals surface area contributed by atoms with Crippen LogP contribution in [0, 0.1) is 0 Å². The molecule has 1 heterocycles. The van der Waals surface area contributed by atoms with Crippen molar-refractivity contribution >= 4 is 40.4 Å². The molecule has 0 atom stereocenters. The molecule has 0 bridgehead atoms. The number of fused-ring (bicyclic) bond motifs is 1. The van der Waals surface area contributed by atoms with E-state index in [-0.39, 0.29) is 18.1 Å². The molecule has 3 rings (SSSR count). The van der Waals surface area contributed by atoms with Gasteiger partial charge in [-0.25, -0.2) is 0 Å². The first kappa shape index (κ1) is 19.7. The van der Waals surface area contributed by atoms with Crippen LogP contribution >= 0.6 is 22.9 Å². The number of anilines is 1. The second kappa shape index (κ2) is 7.52. The molecular formula is C18H16ClF3N2O2S. The van der Waals surface area contributed by atoms with Crippen molar-refractivity contribution in [3.05, 3.63) is 50.2 Å². The van der Waals surface area contributed by atoms with Crippen molar-refractivity contribution in [2.24, 2.45) is 0 Å². The van der Waals surface area contributed by atoms with E-state index in [1.807, 2.05) is 6.07 Å². The van der Waals surface area contributed by atoms with Gasteiger partial charge in [0, 0.05) is 17.6 Å². The molecule has 0 fully saturated rings. The van der Waals surface area contributed by atoms with Crippen LogP contribution in [0.15, 0.2) is 24.3 Å². The third kappa shape index (κ3) is 4.44. The number of likely N-dealkylation sites (N-methyl/N-ethyl adjacent to an activating group) is 1. The zero-order chi connectivity index (χ0) is 19.8. The van der Waals surface area contributed by atoms with Gasteiger partial charge in [0.1, 0.15) is 0 Å². The van der Waals surface area contributed by atoms with E-state index in [2.05, 4.69) is 5.32 Å². The lowest BCUT2D eigenvalue weighted by molar-refractivity contribution is -0.137. The summed E-state index contributed by atoms with van der Waals surface area (Å²) in [5, 5.41) is 1.92. The van der Waals surface area contributed by atoms with Gasteiger partial charge in [-0.3, -0.25) is 9.59 Å². The molecule has 2 amide bonds. The third-order valence-electron chi connectivity index (χ3n) is 4.24. The molecule has 0 saturated carbocycles. The smallest absolute Gasteiger partial charge is 0.332 e. The van der Waals surface area contributed by atoms with Gasteiger partial charge in [-0.1, -0.05) is 11.6 Å². The Kier molecular flexibility index (Phi) is 5.48. The quantitative estimate of drug-likeness (QED) is 0.790. The lowest BCUT2D eigenvalue weighted by Gasteiger charge is -2.17. The standard InChI is InChI=1S/C18H16ClF3N2O2S/c1-24(17(26)15-7-10-3-2-4-14(10)27-15)9-16(25)23-11-5-6-13(19)12(8-11)18(20,21)22/h5-8H,2-4,9H2,1H3,(H,23,25). The Morgan fingerprint density at radius 2 is 2.00 bits per heavy atom. The van der Waals surface area contributed by atoms with Crippen LogP contribution in [0.25, 0.3) is 0 Å². The molecule has 27 heavy (non-hydrogen) atoms. The number of nitrogens with one attached hydrogen (secondary N) is 1. The molecule has 1 aliphatic carbocycles. The molecule has 1 aromatic heterocycles. The van der Waals surface area contributed by atoms with Crippen LogP contribution in [0.1, 0.15) is 32.1 Å². The minimum Gasteiger partial charge on any atom is -0.332 e. The van der Waals surface area contributed by atoms with E-state index < -0.39 is 22.7 Å². The number of thiophene rings is 1. The second-order valence-electron chi connectivity index (χ2n) is 6.31. The fourth-order valence-corrected chi connectivity index (χ4v) is 4.40. The van der Waals surface area contributed by atoms with Crippen LogP contribution in [-0.4, -0.2) is 30.3 Å². The van der Waals surface area contributed by atoms with Gasteiger partial charge in [-0.15, -0.1) is 11.3 Å². The molecule has 9 heteroatoms. The number of hydrogen-bond acceptors (Lipinski definition) is 3. The van der Waals surface area contributed by atoms with Gasteiger partial charge in [0.15, 0.2) is 0 Å². The van der Waals surface area contributed by atoms with Crippen LogP contribution in [-0.2, 0) is 23.8 Å². The third-order valence-corrected chi connectivity index (χ3v) is 5.80. The maximum atomic E-state index is 12.9. The highest BCUT2D eigenvalue weighted by Gasteiger charge is 2.33. The van der Waals surface area contributed by atoms with E-state index in [4.69, 9.17) is 11.6 Å². The number of alkyl halides is 3. The lowest BCUT2D eigenvalue weighted by Crippen LogP contribution is -2.34. The predicted octanol–water partition coefficient (Wildman–Crippen LogP) is 4.62. The number of carbonyl (C=O) groups is 2. The first-order chi connectivity index (χ1) is 12.6. The molecule has 1 aromatic carbocycles. The molecule has 4 nitrogen and oxygen atoms in total. The van der Waals surface area contributed by atoms with Crippen molar-refractivity contribution in [2.45, 2.75) is 25.4 Å². The Labute approximate surface area is 162 Å². The summed E-state index contributed by atoms with van der Waals surface area (Å²) < 4.78 is 38.7. The molecular weight excluding hydrogens is 401 g/mol. The number of rotatable bonds is 4. The summed E-state index contributed by atoms with van der Waals surface area (Å²) in [6.07, 6.45) is -1.60. The Hall–Kier alpha value is -2.06. The first-order valence-electron chi connectivity index (χ1n) is 8.19. The van der Waals surface area contributed by atoms with Crippen molar-refractivity contribution in [3.63, 3.8) is 0 Å². The molecule has 2 aromatic rings. The SMILES string of the molecule is CN(CC(=O)Nc1ccc(Cl)c(C(F)(F)F)c1)C(=O)c1cc2c(s1)CCC2. The fourth-order valence-electron chi connectivity index (χ4n) is 2.93. The Bertz CT molecular complexity index is 874. The second-order valence-corrected chi connectivity index (χ2v) is 7.86. The number of hydrogen-bond donors (Lipinski definition) is 1. The highest BCUT2D eigenvalue weighted by atomic mass is 35.5. The average Bonchev–Trinajstić information content (AvgIpc) is 3.16. The first-order valence-corrected chi connectivity index (χ1v) is 9.38. The number of nitrogens with zero attached hydrogens (tertiary/aromatic N) is 1. The van der Waals surface area contributed by atoms with Gasteiger partial charge in [0.05, 0.1) is 22.0 Å². The highest BCUT2D eigenvalue weighted by molar-refractivity contribution is 7.14. The summed E-state index contributed by atoms with van der Waals surface area (Å²) in [4.78, 5) is 27.6. The summed E-state index contributed by atoms with van der Waals surface area (Å²) in [6, 6.07) is 4.98. The van der Waals surface area contributed by atoms with Crippen molar-refractivity contribution in [3.8, 4) is 0 Å². The normalized spacial score (nSPS) is 13.4. The van der Waals surface area contributed by atoms with Gasteiger partial charge in [-0.05, 0) is 49.1 Å². The van der Waals surface area contributed by atoms with Crippen LogP contribution in [0.5, 0.6) is 0 Å². The zero-order valence-corrected chi connectivity index (χ0v) is 15.9. The zero-order valence-electron chi connectivity index (χ0n) is 14.3. The van der Waals surface area contributed by atoms with Crippen LogP contribution < -0.4 is 5.32 Å². The molecule has 0 saturated heterocycles. The summed E-state index contributed by atoms with van der Waals surface area (Å²) in [7, 11) is 1.48. The van der Waals surface area contributed by atoms with Crippen molar-refractivity contribution in [1.29, 1.82) is 0 Å². The molecule has 1 aliphatic rings. The average molecular weight is 417 g/mol. The number of carbonyl (C=O) groups excluding carboxylic acids is 2. The van der Waals surface area contributed by atoms with E-state index in [9.17, 15) is 22.8 Å². The van der Waals surface area contributed by atoms with E-state index >= 15 is 0 Å². The molecule has 0 radical (unpaired) electrons. The molecule has 1 N–H and O–H groups in total. The van der Waals surface area contributed by atoms with Crippen molar-refractivity contribution < 1.29 is 22.8 Å². The van der Waals surface area contributed by atoms with Gasteiger partial charge >= 0.3 is 6.18 Å². The fraction of sp³-hybridized carbons (Fsp3) is 0.333. The lowest BCUT2D eigenvalue weighted by atomic mass is 10.2. The monoisotopic (exact) mass is 416 g/mol. The van der Waals surface area contributed by atoms with Gasteiger partial charge in [-0.2, -0.15) is 13.2 Å². The summed E-state index contributed by atoms with van der Waals surface area (Å²) in [5.74, 6) is -0.873. The molecule has 0 aliphatic heterocycles. The Balaban J connectivity index is 1.64. The topological polar surface area (TPSA) is 49.4 Å². The van der Waals surface area contributed by atoms with Gasteiger partial charge < -0.3 is 10.2 Å². The summed E-state index contributed by atoms with van der Waals surface area (Å²) in [6.45, 7) is -0.272. The van der Waals surface area contributed by atoms with E-state index in [1.165, 1.54) is 39.8 Å². The minimum absolute atomic E-state index is 0.0346. The molecule has 144 valence electrons. The van der Waals surface area contributed by atoms with Gasteiger partial charge in [0.2, 0.25) is 5.91 Å². The number of benzene rings is 1. The maximum Gasteiger partial charge on any atom is 0.417 e. The number of halogens is 4. The van der Waals surface area contributed by atoms with E-state index in [0.717, 1.165) is 31.4 Å². The Morgan fingerprint density at radius 3 is 2.67 bits per heavy atom.